The molecule has 1 aliphatic heterocycles. The first-order chi connectivity index (χ1) is 9.52. The Morgan fingerprint density at radius 1 is 1.25 bits per heavy atom. The average molecular weight is 281 g/mol. The molecule has 0 spiro atoms. The van der Waals surface area contributed by atoms with E-state index in [1.165, 1.54) is 64.8 Å². The molecule has 0 aromatic carbocycles. The van der Waals surface area contributed by atoms with E-state index in [1.54, 1.807) is 0 Å². The van der Waals surface area contributed by atoms with Gasteiger partial charge in [-0.15, -0.1) is 0 Å². The fourth-order valence-corrected chi connectivity index (χ4v) is 3.65. The Labute approximate surface area is 126 Å². The second kappa shape index (κ2) is 7.24. The topological polar surface area (TPSA) is 18.5 Å². The molecule has 1 saturated carbocycles. The van der Waals surface area contributed by atoms with Crippen LogP contribution in [-0.2, 0) is 0 Å². The lowest BCUT2D eigenvalue weighted by molar-refractivity contribution is 0.116. The minimum atomic E-state index is 0.439. The predicted octanol–water partition coefficient (Wildman–Crippen LogP) is 2.57. The van der Waals surface area contributed by atoms with Crippen LogP contribution in [0.15, 0.2) is 0 Å². The van der Waals surface area contributed by atoms with Crippen LogP contribution < -0.4 is 5.32 Å². The lowest BCUT2D eigenvalue weighted by atomic mass is 9.84. The van der Waals surface area contributed by atoms with E-state index in [1.807, 2.05) is 0 Å². The quantitative estimate of drug-likeness (QED) is 0.774. The Morgan fingerprint density at radius 3 is 2.65 bits per heavy atom. The maximum Gasteiger partial charge on any atom is 0.0195 e. The number of likely N-dealkylation sites (N-methyl/N-ethyl adjacent to an activating group) is 1. The van der Waals surface area contributed by atoms with Gasteiger partial charge in [0, 0.05) is 31.7 Å². The van der Waals surface area contributed by atoms with Crippen LogP contribution in [0.5, 0.6) is 0 Å². The smallest absolute Gasteiger partial charge is 0.0195 e. The van der Waals surface area contributed by atoms with Crippen molar-refractivity contribution >= 4 is 0 Å². The largest absolute Gasteiger partial charge is 0.313 e. The zero-order valence-corrected chi connectivity index (χ0v) is 14.1. The van der Waals surface area contributed by atoms with E-state index in [9.17, 15) is 0 Å². The zero-order chi connectivity index (χ0) is 14.6. The molecule has 20 heavy (non-hydrogen) atoms. The highest BCUT2D eigenvalue weighted by molar-refractivity contribution is 4.89. The Hall–Kier alpha value is -0.120. The monoisotopic (exact) mass is 281 g/mol. The minimum absolute atomic E-state index is 0.439. The highest BCUT2D eigenvalue weighted by atomic mass is 15.2. The third kappa shape index (κ3) is 5.01. The zero-order valence-electron chi connectivity index (χ0n) is 14.1. The van der Waals surface area contributed by atoms with Gasteiger partial charge >= 0.3 is 0 Å². The third-order valence-electron chi connectivity index (χ3n) is 5.02. The Morgan fingerprint density at radius 2 is 2.00 bits per heavy atom. The number of rotatable bonds is 7. The summed E-state index contributed by atoms with van der Waals surface area (Å²) in [5.41, 5.74) is 0.439. The predicted molar refractivity (Wildman–Crippen MR) is 87.2 cm³/mol. The Kier molecular flexibility index (Phi) is 5.88. The molecule has 0 amide bonds. The Balaban J connectivity index is 1.90. The van der Waals surface area contributed by atoms with Crippen LogP contribution in [0.1, 0.15) is 52.9 Å². The Bertz CT molecular complexity index is 290. The maximum absolute atomic E-state index is 3.77. The van der Waals surface area contributed by atoms with Crippen molar-refractivity contribution in [2.45, 2.75) is 65.0 Å². The van der Waals surface area contributed by atoms with Crippen LogP contribution in [0.2, 0.25) is 0 Å². The number of nitrogens with one attached hydrogen (secondary N) is 1. The van der Waals surface area contributed by atoms with Crippen molar-refractivity contribution in [2.24, 2.45) is 5.41 Å². The molecule has 1 heterocycles. The first kappa shape index (κ1) is 16.3. The summed E-state index contributed by atoms with van der Waals surface area (Å²) in [6.07, 6.45) is 6.75. The van der Waals surface area contributed by atoms with Crippen molar-refractivity contribution in [1.29, 1.82) is 0 Å². The van der Waals surface area contributed by atoms with Crippen molar-refractivity contribution in [3.8, 4) is 0 Å². The molecular formula is C17H35N3. The summed E-state index contributed by atoms with van der Waals surface area (Å²) < 4.78 is 0. The van der Waals surface area contributed by atoms with Gasteiger partial charge < -0.3 is 10.2 Å². The van der Waals surface area contributed by atoms with Crippen LogP contribution in [0.3, 0.4) is 0 Å². The van der Waals surface area contributed by atoms with Crippen molar-refractivity contribution in [3.63, 3.8) is 0 Å². The molecule has 118 valence electrons. The van der Waals surface area contributed by atoms with E-state index in [2.05, 4.69) is 42.9 Å². The normalized spacial score (nSPS) is 29.1. The molecule has 2 atom stereocenters. The van der Waals surface area contributed by atoms with Gasteiger partial charge in [0.1, 0.15) is 0 Å². The lowest BCUT2D eigenvalue weighted by Crippen LogP contribution is -2.47. The summed E-state index contributed by atoms with van der Waals surface area (Å²) in [6, 6.07) is 1.53. The molecule has 3 heteroatoms. The highest BCUT2D eigenvalue weighted by Crippen LogP contribution is 2.28. The summed E-state index contributed by atoms with van der Waals surface area (Å²) in [4.78, 5) is 5.23. The number of hydrogen-bond acceptors (Lipinski definition) is 3. The van der Waals surface area contributed by atoms with Crippen molar-refractivity contribution in [1.82, 2.24) is 15.1 Å². The summed E-state index contributed by atoms with van der Waals surface area (Å²) in [5.74, 6) is 0. The average Bonchev–Trinajstić information content (AvgIpc) is 3.19. The fourth-order valence-electron chi connectivity index (χ4n) is 3.65. The van der Waals surface area contributed by atoms with E-state index in [0.29, 0.717) is 11.5 Å². The van der Waals surface area contributed by atoms with E-state index in [4.69, 9.17) is 0 Å². The first-order valence-electron chi connectivity index (χ1n) is 8.68. The third-order valence-corrected chi connectivity index (χ3v) is 5.02. The SMILES string of the molecule is CCCC(C)(CNC1CC1)CN1CCCN(C)CC1C. The molecule has 1 N–H and O–H groups in total. The van der Waals surface area contributed by atoms with Crippen molar-refractivity contribution in [3.05, 3.63) is 0 Å². The first-order valence-corrected chi connectivity index (χ1v) is 8.68. The fraction of sp³-hybridized carbons (Fsp3) is 1.00. The molecular weight excluding hydrogens is 246 g/mol. The summed E-state index contributed by atoms with van der Waals surface area (Å²) in [6.45, 7) is 13.4. The summed E-state index contributed by atoms with van der Waals surface area (Å²) in [7, 11) is 2.26. The molecule has 2 aliphatic rings. The van der Waals surface area contributed by atoms with Gasteiger partial charge in [-0.3, -0.25) is 4.90 Å². The molecule has 1 aliphatic carbocycles. The summed E-state index contributed by atoms with van der Waals surface area (Å²) >= 11 is 0. The van der Waals surface area contributed by atoms with E-state index < -0.39 is 0 Å². The molecule has 0 radical (unpaired) electrons. The highest BCUT2D eigenvalue weighted by Gasteiger charge is 2.31. The van der Waals surface area contributed by atoms with Gasteiger partial charge in [0.2, 0.25) is 0 Å². The molecule has 3 nitrogen and oxygen atoms in total. The van der Waals surface area contributed by atoms with Crippen LogP contribution in [0, 0.1) is 5.41 Å². The van der Waals surface area contributed by atoms with E-state index in [0.717, 1.165) is 6.04 Å². The minimum Gasteiger partial charge on any atom is -0.313 e. The van der Waals surface area contributed by atoms with Crippen LogP contribution >= 0.6 is 0 Å². The van der Waals surface area contributed by atoms with Crippen molar-refractivity contribution < 1.29 is 0 Å². The van der Waals surface area contributed by atoms with Gasteiger partial charge in [-0.25, -0.2) is 0 Å². The molecule has 2 rings (SSSR count). The van der Waals surface area contributed by atoms with Crippen LogP contribution in [0.4, 0.5) is 0 Å². The van der Waals surface area contributed by atoms with Gasteiger partial charge in [-0.2, -0.15) is 0 Å². The molecule has 0 bridgehead atoms. The van der Waals surface area contributed by atoms with Crippen LogP contribution in [0.25, 0.3) is 0 Å². The maximum atomic E-state index is 3.77. The van der Waals surface area contributed by atoms with Gasteiger partial charge in [-0.05, 0) is 58.2 Å². The summed E-state index contributed by atoms with van der Waals surface area (Å²) in [5, 5.41) is 3.77. The van der Waals surface area contributed by atoms with Crippen molar-refractivity contribution in [2.75, 3.05) is 39.8 Å². The molecule has 2 fully saturated rings. The molecule has 0 aromatic heterocycles. The lowest BCUT2D eigenvalue weighted by Gasteiger charge is -2.38. The van der Waals surface area contributed by atoms with Gasteiger partial charge in [0.15, 0.2) is 0 Å². The van der Waals surface area contributed by atoms with E-state index in [-0.39, 0.29) is 0 Å². The van der Waals surface area contributed by atoms with E-state index >= 15 is 0 Å². The second-order valence-electron chi connectivity index (χ2n) is 7.65. The van der Waals surface area contributed by atoms with Gasteiger partial charge in [0.25, 0.3) is 0 Å². The van der Waals surface area contributed by atoms with Gasteiger partial charge in [-0.1, -0.05) is 20.3 Å². The standard InChI is InChI=1S/C17H35N3/c1-5-9-17(3,13-18-16-7-8-16)14-20-11-6-10-19(4)12-15(20)2/h15-16,18H,5-14H2,1-4H3. The number of hydrogen-bond donors (Lipinski definition) is 1. The molecule has 0 aromatic rings. The second-order valence-corrected chi connectivity index (χ2v) is 7.65. The number of nitrogens with zero attached hydrogens (tertiary/aromatic N) is 2. The van der Waals surface area contributed by atoms with Gasteiger partial charge in [0.05, 0.1) is 0 Å². The molecule has 2 unspecified atom stereocenters. The van der Waals surface area contributed by atoms with Crippen LogP contribution in [-0.4, -0.2) is 61.7 Å². The molecule has 1 saturated heterocycles.